The number of ether oxygens (including phenoxy) is 1. The monoisotopic (exact) mass is 414 g/mol. The number of rotatable bonds is 3. The number of carbonyl (C=O) groups is 1. The van der Waals surface area contributed by atoms with Crippen LogP contribution in [-0.2, 0) is 9.53 Å². The Kier molecular flexibility index (Phi) is 4.81. The van der Waals surface area contributed by atoms with E-state index in [1.165, 1.54) is 12.0 Å². The number of aromatic nitrogens is 3. The molecule has 0 aliphatic carbocycles. The molecule has 0 fully saturated rings. The van der Waals surface area contributed by atoms with E-state index in [9.17, 15) is 4.79 Å². The first-order chi connectivity index (χ1) is 13.4. The van der Waals surface area contributed by atoms with Gasteiger partial charge in [0.2, 0.25) is 0 Å². The molecule has 1 aliphatic rings. The lowest BCUT2D eigenvalue weighted by Crippen LogP contribution is -2.12. The lowest BCUT2D eigenvalue weighted by molar-refractivity contribution is -0.141. The van der Waals surface area contributed by atoms with Crippen molar-refractivity contribution in [2.45, 2.75) is 33.2 Å². The van der Waals surface area contributed by atoms with Crippen LogP contribution in [0.3, 0.4) is 0 Å². The van der Waals surface area contributed by atoms with Crippen molar-refractivity contribution in [1.82, 2.24) is 14.8 Å². The fourth-order valence-electron chi connectivity index (χ4n) is 3.37. The molecule has 3 aromatic rings. The summed E-state index contributed by atoms with van der Waals surface area (Å²) in [6.07, 6.45) is 0.0959. The third kappa shape index (κ3) is 3.04. The van der Waals surface area contributed by atoms with Crippen LogP contribution in [0.2, 0.25) is 5.02 Å². The fourth-order valence-corrected chi connectivity index (χ4v) is 4.71. The minimum absolute atomic E-state index is 0.0959. The zero-order valence-corrected chi connectivity index (χ0v) is 17.6. The smallest absolute Gasteiger partial charge is 0.308 e. The van der Waals surface area contributed by atoms with E-state index < -0.39 is 6.04 Å². The molecule has 28 heavy (non-hydrogen) atoms. The molecule has 3 heterocycles. The number of aliphatic imine (C=N–C) groups is 1. The molecule has 144 valence electrons. The molecule has 4 rings (SSSR count). The van der Waals surface area contributed by atoms with Crippen molar-refractivity contribution in [2.24, 2.45) is 4.99 Å². The van der Waals surface area contributed by atoms with E-state index >= 15 is 0 Å². The molecular formula is C20H19ClN4O2S. The summed E-state index contributed by atoms with van der Waals surface area (Å²) in [5.74, 6) is 1.07. The maximum atomic E-state index is 12.1. The summed E-state index contributed by atoms with van der Waals surface area (Å²) in [6, 6.07) is 7.11. The maximum Gasteiger partial charge on any atom is 0.308 e. The largest absolute Gasteiger partial charge is 0.469 e. The molecule has 0 saturated heterocycles. The second-order valence-electron chi connectivity index (χ2n) is 6.68. The first-order valence-corrected chi connectivity index (χ1v) is 10.0. The van der Waals surface area contributed by atoms with Gasteiger partial charge < -0.3 is 4.74 Å². The summed E-state index contributed by atoms with van der Waals surface area (Å²) < 4.78 is 6.91. The van der Waals surface area contributed by atoms with E-state index in [2.05, 4.69) is 24.0 Å². The highest BCUT2D eigenvalue weighted by molar-refractivity contribution is 7.15. The number of halogens is 1. The number of hydrogen-bond donors (Lipinski definition) is 0. The third-order valence-electron chi connectivity index (χ3n) is 4.94. The lowest BCUT2D eigenvalue weighted by Gasteiger charge is -2.11. The molecule has 1 atom stereocenters. The highest BCUT2D eigenvalue weighted by Gasteiger charge is 2.32. The Hall–Kier alpha value is -2.51. The van der Waals surface area contributed by atoms with Crippen molar-refractivity contribution in [1.29, 1.82) is 0 Å². The molecular weight excluding hydrogens is 396 g/mol. The minimum Gasteiger partial charge on any atom is -0.469 e. The predicted molar refractivity (Wildman–Crippen MR) is 110 cm³/mol. The number of benzene rings is 1. The summed E-state index contributed by atoms with van der Waals surface area (Å²) in [4.78, 5) is 18.3. The van der Waals surface area contributed by atoms with Gasteiger partial charge in [-0.05, 0) is 38.5 Å². The zero-order valence-electron chi connectivity index (χ0n) is 16.0. The summed E-state index contributed by atoms with van der Waals surface area (Å²) in [5.41, 5.74) is 3.97. The second kappa shape index (κ2) is 7.14. The van der Waals surface area contributed by atoms with E-state index in [1.54, 1.807) is 11.3 Å². The van der Waals surface area contributed by atoms with Gasteiger partial charge in [0.1, 0.15) is 16.9 Å². The maximum absolute atomic E-state index is 12.1. The minimum atomic E-state index is -0.487. The molecule has 0 radical (unpaired) electrons. The van der Waals surface area contributed by atoms with Crippen LogP contribution in [0.1, 0.15) is 45.7 Å². The number of fused-ring (bicyclic) bond motifs is 3. The lowest BCUT2D eigenvalue weighted by atomic mass is 9.99. The average molecular weight is 415 g/mol. The molecule has 0 N–H and O–H groups in total. The quantitative estimate of drug-likeness (QED) is 0.597. The van der Waals surface area contributed by atoms with Gasteiger partial charge in [-0.1, -0.05) is 23.7 Å². The van der Waals surface area contributed by atoms with Crippen molar-refractivity contribution >= 4 is 34.6 Å². The molecule has 0 saturated carbocycles. The van der Waals surface area contributed by atoms with Crippen molar-refractivity contribution in [2.75, 3.05) is 7.11 Å². The van der Waals surface area contributed by atoms with Crippen LogP contribution in [0.15, 0.2) is 29.3 Å². The molecule has 2 aromatic heterocycles. The molecule has 0 spiro atoms. The number of hydrogen-bond acceptors (Lipinski definition) is 6. The van der Waals surface area contributed by atoms with Crippen molar-refractivity contribution in [3.63, 3.8) is 0 Å². The predicted octanol–water partition coefficient (Wildman–Crippen LogP) is 4.36. The molecule has 1 aliphatic heterocycles. The first-order valence-electron chi connectivity index (χ1n) is 8.84. The van der Waals surface area contributed by atoms with Crippen LogP contribution in [0.4, 0.5) is 0 Å². The molecule has 1 aromatic carbocycles. The van der Waals surface area contributed by atoms with E-state index in [0.717, 1.165) is 33.2 Å². The van der Waals surface area contributed by atoms with E-state index in [0.29, 0.717) is 10.8 Å². The number of carbonyl (C=O) groups excluding carboxylic acids is 1. The number of nitrogens with zero attached hydrogens (tertiary/aromatic N) is 4. The highest BCUT2D eigenvalue weighted by Crippen LogP contribution is 2.39. The van der Waals surface area contributed by atoms with Crippen LogP contribution >= 0.6 is 22.9 Å². The van der Waals surface area contributed by atoms with Gasteiger partial charge in [-0.2, -0.15) is 0 Å². The topological polar surface area (TPSA) is 69.4 Å². The number of esters is 1. The molecule has 1 unspecified atom stereocenters. The Bertz CT molecular complexity index is 1100. The fraction of sp³-hybridized carbons (Fsp3) is 0.300. The van der Waals surface area contributed by atoms with Crippen LogP contribution in [-0.4, -0.2) is 33.6 Å². The summed E-state index contributed by atoms with van der Waals surface area (Å²) in [6.45, 7) is 6.10. The van der Waals surface area contributed by atoms with E-state index in [1.807, 2.05) is 35.8 Å². The van der Waals surface area contributed by atoms with Gasteiger partial charge in [-0.15, -0.1) is 21.5 Å². The van der Waals surface area contributed by atoms with Gasteiger partial charge in [0.05, 0.1) is 19.2 Å². The highest BCUT2D eigenvalue weighted by atomic mass is 35.5. The molecule has 0 amide bonds. The van der Waals surface area contributed by atoms with Crippen LogP contribution in [0, 0.1) is 20.8 Å². The van der Waals surface area contributed by atoms with Crippen molar-refractivity contribution < 1.29 is 9.53 Å². The van der Waals surface area contributed by atoms with E-state index in [-0.39, 0.29) is 12.4 Å². The van der Waals surface area contributed by atoms with Gasteiger partial charge in [0.15, 0.2) is 5.82 Å². The summed E-state index contributed by atoms with van der Waals surface area (Å²) >= 11 is 7.77. The number of aryl methyl sites for hydroxylation is 2. The Morgan fingerprint density at radius 2 is 1.93 bits per heavy atom. The van der Waals surface area contributed by atoms with Crippen molar-refractivity contribution in [3.8, 4) is 5.00 Å². The molecule has 6 nitrogen and oxygen atoms in total. The van der Waals surface area contributed by atoms with Crippen LogP contribution in [0.25, 0.3) is 5.00 Å². The average Bonchev–Trinajstić information content (AvgIpc) is 3.15. The number of methoxy groups -OCH3 is 1. The second-order valence-corrected chi connectivity index (χ2v) is 8.32. The summed E-state index contributed by atoms with van der Waals surface area (Å²) in [7, 11) is 1.38. The van der Waals surface area contributed by atoms with Gasteiger partial charge in [-0.3, -0.25) is 14.4 Å². The number of thiophene rings is 1. The third-order valence-corrected chi connectivity index (χ3v) is 6.39. The van der Waals surface area contributed by atoms with Gasteiger partial charge in [-0.25, -0.2) is 0 Å². The normalized spacial score (nSPS) is 15.5. The first kappa shape index (κ1) is 18.8. The molecule has 0 bridgehead atoms. The van der Waals surface area contributed by atoms with Gasteiger partial charge >= 0.3 is 5.97 Å². The van der Waals surface area contributed by atoms with E-state index in [4.69, 9.17) is 21.3 Å². The Labute approximate surface area is 171 Å². The standard InChI is InChI=1S/C20H19ClN4O2S/c1-10-11(2)28-20-17(10)18(13-5-7-14(21)8-6-13)22-15(9-16(26)27-4)19-24-23-12(3)25(19)20/h5-8,15H,9H2,1-4H3. The Morgan fingerprint density at radius 3 is 2.61 bits per heavy atom. The Balaban J connectivity index is 2.01. The van der Waals surface area contributed by atoms with Gasteiger partial charge in [0.25, 0.3) is 0 Å². The summed E-state index contributed by atoms with van der Waals surface area (Å²) in [5, 5.41) is 10.3. The SMILES string of the molecule is COC(=O)CC1N=C(c2ccc(Cl)cc2)c2c(sc(C)c2C)-n2c(C)nnc21. The van der Waals surface area contributed by atoms with Crippen LogP contribution in [0.5, 0.6) is 0 Å². The van der Waals surface area contributed by atoms with Gasteiger partial charge in [0, 0.05) is 21.0 Å². The Morgan fingerprint density at radius 1 is 1.21 bits per heavy atom. The van der Waals surface area contributed by atoms with Crippen LogP contribution < -0.4 is 0 Å². The van der Waals surface area contributed by atoms with Crippen molar-refractivity contribution in [3.05, 3.63) is 62.5 Å². The zero-order chi connectivity index (χ0) is 20.0. The molecule has 8 heteroatoms.